The molecule has 0 fully saturated rings. The summed E-state index contributed by atoms with van der Waals surface area (Å²) in [6.07, 6.45) is 0. The lowest BCUT2D eigenvalue weighted by Gasteiger charge is -2.15. The number of rotatable bonds is 4. The molecule has 0 aliphatic heterocycles. The SMILES string of the molecule is COc1ccc(OC)c([C@@H](N)c2ccsc2)c1.Cl. The van der Waals surface area contributed by atoms with Crippen LogP contribution in [0.3, 0.4) is 0 Å². The number of thiophene rings is 1. The van der Waals surface area contributed by atoms with Gasteiger partial charge in [-0.3, -0.25) is 0 Å². The number of methoxy groups -OCH3 is 2. The molecule has 2 rings (SSSR count). The lowest BCUT2D eigenvalue weighted by atomic mass is 10.0. The third-order valence-electron chi connectivity index (χ3n) is 2.67. The van der Waals surface area contributed by atoms with Crippen LogP contribution in [0.2, 0.25) is 0 Å². The maximum atomic E-state index is 6.23. The molecule has 2 N–H and O–H groups in total. The van der Waals surface area contributed by atoms with E-state index in [1.54, 1.807) is 25.6 Å². The van der Waals surface area contributed by atoms with Crippen molar-refractivity contribution in [1.82, 2.24) is 0 Å². The minimum atomic E-state index is -0.189. The van der Waals surface area contributed by atoms with Crippen LogP contribution >= 0.6 is 23.7 Å². The molecule has 0 saturated carbocycles. The van der Waals surface area contributed by atoms with Gasteiger partial charge in [0, 0.05) is 5.56 Å². The van der Waals surface area contributed by atoms with Crippen molar-refractivity contribution in [2.45, 2.75) is 6.04 Å². The first-order chi connectivity index (χ1) is 8.26. The van der Waals surface area contributed by atoms with Crippen LogP contribution in [-0.4, -0.2) is 14.2 Å². The third-order valence-corrected chi connectivity index (χ3v) is 3.38. The number of hydrogen-bond acceptors (Lipinski definition) is 4. The highest BCUT2D eigenvalue weighted by Gasteiger charge is 2.15. The van der Waals surface area contributed by atoms with E-state index in [4.69, 9.17) is 15.2 Å². The average Bonchev–Trinajstić information content (AvgIpc) is 2.91. The fourth-order valence-corrected chi connectivity index (χ4v) is 2.41. The fourth-order valence-electron chi connectivity index (χ4n) is 1.71. The number of halogens is 1. The molecule has 0 aliphatic rings. The quantitative estimate of drug-likeness (QED) is 0.938. The maximum absolute atomic E-state index is 6.23. The van der Waals surface area contributed by atoms with Crippen LogP contribution in [0, 0.1) is 0 Å². The van der Waals surface area contributed by atoms with Gasteiger partial charge in [-0.1, -0.05) is 0 Å². The topological polar surface area (TPSA) is 44.5 Å². The number of benzene rings is 1. The molecule has 1 aromatic carbocycles. The number of hydrogen-bond donors (Lipinski definition) is 1. The Morgan fingerprint density at radius 3 is 2.50 bits per heavy atom. The van der Waals surface area contributed by atoms with Gasteiger partial charge in [-0.2, -0.15) is 11.3 Å². The van der Waals surface area contributed by atoms with Crippen molar-refractivity contribution in [2.24, 2.45) is 5.73 Å². The van der Waals surface area contributed by atoms with E-state index >= 15 is 0 Å². The van der Waals surface area contributed by atoms with Crippen LogP contribution in [0.4, 0.5) is 0 Å². The second-order valence-corrected chi connectivity index (χ2v) is 4.42. The van der Waals surface area contributed by atoms with E-state index in [1.165, 1.54) is 0 Å². The van der Waals surface area contributed by atoms with E-state index in [2.05, 4.69) is 0 Å². The second kappa shape index (κ2) is 6.64. The Hall–Kier alpha value is -1.23. The highest BCUT2D eigenvalue weighted by Crippen LogP contribution is 2.32. The molecule has 1 atom stereocenters. The van der Waals surface area contributed by atoms with E-state index in [-0.39, 0.29) is 18.4 Å². The number of nitrogens with two attached hydrogens (primary N) is 1. The van der Waals surface area contributed by atoms with Gasteiger partial charge in [0.2, 0.25) is 0 Å². The summed E-state index contributed by atoms with van der Waals surface area (Å²) in [4.78, 5) is 0. The molecule has 0 bridgehead atoms. The molecule has 0 unspecified atom stereocenters. The lowest BCUT2D eigenvalue weighted by Crippen LogP contribution is -2.12. The first-order valence-corrected chi connectivity index (χ1v) is 6.20. The third kappa shape index (κ3) is 2.96. The van der Waals surface area contributed by atoms with Crippen molar-refractivity contribution in [2.75, 3.05) is 14.2 Å². The Bertz CT molecular complexity index is 488. The van der Waals surface area contributed by atoms with E-state index in [9.17, 15) is 0 Å². The van der Waals surface area contributed by atoms with Crippen LogP contribution in [0.15, 0.2) is 35.0 Å². The molecule has 0 spiro atoms. The first kappa shape index (κ1) is 14.8. The zero-order valence-corrected chi connectivity index (χ0v) is 11.9. The van der Waals surface area contributed by atoms with Gasteiger partial charge in [0.05, 0.1) is 20.3 Å². The highest BCUT2D eigenvalue weighted by molar-refractivity contribution is 7.08. The van der Waals surface area contributed by atoms with Crippen molar-refractivity contribution >= 4 is 23.7 Å². The van der Waals surface area contributed by atoms with E-state index in [1.807, 2.05) is 35.0 Å². The Morgan fingerprint density at radius 2 is 1.94 bits per heavy atom. The molecule has 0 amide bonds. The zero-order chi connectivity index (χ0) is 12.3. The van der Waals surface area contributed by atoms with Gasteiger partial charge in [0.15, 0.2) is 0 Å². The lowest BCUT2D eigenvalue weighted by molar-refractivity contribution is 0.397. The highest BCUT2D eigenvalue weighted by atomic mass is 35.5. The van der Waals surface area contributed by atoms with E-state index in [0.717, 1.165) is 22.6 Å². The summed E-state index contributed by atoms with van der Waals surface area (Å²) in [7, 11) is 3.29. The minimum Gasteiger partial charge on any atom is -0.497 e. The molecular formula is C13H16ClNO2S. The largest absolute Gasteiger partial charge is 0.497 e. The van der Waals surface area contributed by atoms with Gasteiger partial charge in [0.25, 0.3) is 0 Å². The van der Waals surface area contributed by atoms with Crippen molar-refractivity contribution < 1.29 is 9.47 Å². The maximum Gasteiger partial charge on any atom is 0.124 e. The van der Waals surface area contributed by atoms with Crippen molar-refractivity contribution in [3.05, 3.63) is 46.2 Å². The van der Waals surface area contributed by atoms with Gasteiger partial charge < -0.3 is 15.2 Å². The summed E-state index contributed by atoms with van der Waals surface area (Å²) in [5, 5.41) is 4.06. The normalized spacial score (nSPS) is 11.5. The second-order valence-electron chi connectivity index (χ2n) is 3.64. The summed E-state index contributed by atoms with van der Waals surface area (Å²) in [6, 6.07) is 7.49. The fraction of sp³-hybridized carbons (Fsp3) is 0.231. The summed E-state index contributed by atoms with van der Waals surface area (Å²) in [5.41, 5.74) is 8.25. The molecule has 98 valence electrons. The van der Waals surface area contributed by atoms with Crippen LogP contribution in [-0.2, 0) is 0 Å². The van der Waals surface area contributed by atoms with E-state index < -0.39 is 0 Å². The predicted molar refractivity (Wildman–Crippen MR) is 77.1 cm³/mol. The molecular weight excluding hydrogens is 270 g/mol. The Kier molecular flexibility index (Phi) is 5.47. The zero-order valence-electron chi connectivity index (χ0n) is 10.3. The van der Waals surface area contributed by atoms with Crippen LogP contribution < -0.4 is 15.2 Å². The molecule has 5 heteroatoms. The Balaban J connectivity index is 0.00000162. The average molecular weight is 286 g/mol. The summed E-state index contributed by atoms with van der Waals surface area (Å²) < 4.78 is 10.5. The monoisotopic (exact) mass is 285 g/mol. The van der Waals surface area contributed by atoms with Crippen molar-refractivity contribution in [3.63, 3.8) is 0 Å². The van der Waals surface area contributed by atoms with Gasteiger partial charge >= 0.3 is 0 Å². The van der Waals surface area contributed by atoms with Gasteiger partial charge in [-0.25, -0.2) is 0 Å². The molecule has 0 radical (unpaired) electrons. The van der Waals surface area contributed by atoms with Crippen LogP contribution in [0.5, 0.6) is 11.5 Å². The molecule has 18 heavy (non-hydrogen) atoms. The predicted octanol–water partition coefficient (Wildman–Crippen LogP) is 3.24. The summed E-state index contributed by atoms with van der Waals surface area (Å²) >= 11 is 1.63. The van der Waals surface area contributed by atoms with Gasteiger partial charge in [-0.05, 0) is 40.6 Å². The Labute approximate surface area is 117 Å². The minimum absolute atomic E-state index is 0. The van der Waals surface area contributed by atoms with E-state index in [0.29, 0.717) is 0 Å². The molecule has 0 saturated heterocycles. The molecule has 1 heterocycles. The molecule has 1 aromatic heterocycles. The number of ether oxygens (including phenoxy) is 2. The smallest absolute Gasteiger partial charge is 0.124 e. The molecule has 0 aliphatic carbocycles. The van der Waals surface area contributed by atoms with Crippen molar-refractivity contribution in [3.8, 4) is 11.5 Å². The first-order valence-electron chi connectivity index (χ1n) is 5.26. The van der Waals surface area contributed by atoms with Crippen LogP contribution in [0.25, 0.3) is 0 Å². The molecule has 3 nitrogen and oxygen atoms in total. The van der Waals surface area contributed by atoms with Gasteiger partial charge in [0.1, 0.15) is 11.5 Å². The standard InChI is InChI=1S/C13H15NO2S.ClH/c1-15-10-3-4-12(16-2)11(7-10)13(14)9-5-6-17-8-9;/h3-8,13H,14H2,1-2H3;1H/t13-;/m0./s1. The Morgan fingerprint density at radius 1 is 1.17 bits per heavy atom. The van der Waals surface area contributed by atoms with Crippen molar-refractivity contribution in [1.29, 1.82) is 0 Å². The summed E-state index contributed by atoms with van der Waals surface area (Å²) in [5.74, 6) is 1.57. The summed E-state index contributed by atoms with van der Waals surface area (Å²) in [6.45, 7) is 0. The van der Waals surface area contributed by atoms with Gasteiger partial charge in [-0.15, -0.1) is 12.4 Å². The molecule has 2 aromatic rings. The van der Waals surface area contributed by atoms with Crippen LogP contribution in [0.1, 0.15) is 17.2 Å².